The van der Waals surface area contributed by atoms with Gasteiger partial charge in [0.2, 0.25) is 59.1 Å². The quantitative estimate of drug-likeness (QED) is 0.0284. The number of unbranched alkanes of at least 4 members (excludes halogenated alkanes) is 1. The van der Waals surface area contributed by atoms with Gasteiger partial charge >= 0.3 is 11.9 Å². The van der Waals surface area contributed by atoms with Crippen molar-refractivity contribution < 1.29 is 78.0 Å². The highest BCUT2D eigenvalue weighted by molar-refractivity contribution is 5.99. The number of primary amides is 1. The number of aromatic amines is 1. The van der Waals surface area contributed by atoms with Gasteiger partial charge in [0.1, 0.15) is 54.1 Å². The maximum Gasteiger partial charge on any atom is 0.326 e. The van der Waals surface area contributed by atoms with Crippen molar-refractivity contribution in [3.63, 3.8) is 0 Å². The van der Waals surface area contributed by atoms with Crippen LogP contribution in [-0.4, -0.2) is 175 Å². The average Bonchev–Trinajstić information content (AvgIpc) is 3.93. The van der Waals surface area contributed by atoms with Gasteiger partial charge < -0.3 is 90.5 Å². The fraction of sp³-hybridized carbons (Fsp3) is 0.596. The van der Waals surface area contributed by atoms with Crippen LogP contribution in [0.1, 0.15) is 104 Å². The van der Waals surface area contributed by atoms with Gasteiger partial charge in [-0.3, -0.25) is 52.7 Å². The third kappa shape index (κ3) is 25.0. The number of benzene rings is 1. The molecule has 0 aliphatic heterocycles. The lowest BCUT2D eigenvalue weighted by Crippen LogP contribution is -2.62. The molecule has 0 radical (unpaired) electrons. The number of hydrogen-bond acceptors (Lipinski definition) is 17. The smallest absolute Gasteiger partial charge is 0.326 e. The molecule has 0 spiro atoms. The van der Waals surface area contributed by atoms with Gasteiger partial charge in [-0.1, -0.05) is 60.1 Å². The molecule has 2 rings (SSSR count). The number of aromatic hydroxyl groups is 1. The fourth-order valence-corrected chi connectivity index (χ4v) is 7.95. The summed E-state index contributed by atoms with van der Waals surface area (Å²) < 4.78 is 0. The average molecular weight is 1160 g/mol. The summed E-state index contributed by atoms with van der Waals surface area (Å²) in [5.74, 6) is -14.0. The lowest BCUT2D eigenvalue weighted by atomic mass is 9.99. The van der Waals surface area contributed by atoms with Crippen LogP contribution in [0.4, 0.5) is 0 Å². The summed E-state index contributed by atoms with van der Waals surface area (Å²) in [6.45, 7) is 8.67. The number of aliphatic hydroxyl groups is 1. The van der Waals surface area contributed by atoms with Crippen molar-refractivity contribution in [1.82, 2.24) is 57.8 Å². The number of carbonyl (C=O) groups is 12. The minimum Gasteiger partial charge on any atom is -0.508 e. The normalized spacial score (nSPS) is 14.8. The third-order valence-corrected chi connectivity index (χ3v) is 12.9. The molecule has 1 aromatic heterocycles. The van der Waals surface area contributed by atoms with Crippen LogP contribution in [0, 0.1) is 17.8 Å². The van der Waals surface area contributed by atoms with E-state index >= 15 is 0 Å². The second-order valence-corrected chi connectivity index (χ2v) is 20.5. The molecule has 456 valence electrons. The van der Waals surface area contributed by atoms with Crippen LogP contribution < -0.4 is 65.1 Å². The van der Waals surface area contributed by atoms with E-state index in [4.69, 9.17) is 17.2 Å². The second-order valence-electron chi connectivity index (χ2n) is 20.5. The molecule has 0 saturated heterocycles. The lowest BCUT2D eigenvalue weighted by Gasteiger charge is -2.29. The number of carbonyl (C=O) groups excluding carboxylic acids is 10. The number of hydrogen-bond donors (Lipinski definition) is 17. The lowest BCUT2D eigenvalue weighted by molar-refractivity contribution is -0.142. The van der Waals surface area contributed by atoms with Gasteiger partial charge in [-0.05, 0) is 74.1 Å². The van der Waals surface area contributed by atoms with Crippen LogP contribution in [0.5, 0.6) is 5.75 Å². The van der Waals surface area contributed by atoms with Gasteiger partial charge in [-0.15, -0.1) is 0 Å². The first-order valence-corrected chi connectivity index (χ1v) is 26.8. The Labute approximate surface area is 474 Å². The van der Waals surface area contributed by atoms with E-state index in [1.807, 2.05) is 6.92 Å². The van der Waals surface area contributed by atoms with E-state index in [-0.39, 0.29) is 55.5 Å². The van der Waals surface area contributed by atoms with E-state index in [2.05, 4.69) is 57.8 Å². The molecule has 30 heteroatoms. The number of amides is 10. The number of phenols is 1. The van der Waals surface area contributed by atoms with Crippen molar-refractivity contribution >= 4 is 71.0 Å². The molecule has 1 heterocycles. The first-order valence-electron chi connectivity index (χ1n) is 26.8. The Hall–Kier alpha value is -8.25. The molecule has 0 saturated carbocycles. The van der Waals surface area contributed by atoms with Crippen molar-refractivity contribution in [3.05, 3.63) is 48.0 Å². The molecule has 0 fully saturated rings. The van der Waals surface area contributed by atoms with Crippen molar-refractivity contribution in [3.8, 4) is 5.75 Å². The number of rotatable bonds is 38. The molecule has 0 aliphatic rings. The fourth-order valence-electron chi connectivity index (χ4n) is 7.95. The standard InChI is InChI=1S/C52H82N14O16/c1-7-28(6)42(55)50(79)57-23-40(70)59-38(24-67)49(78)60-32(15-16-41(71)72)44(73)66-43(27(4)5)51(80)65-35(19-29-11-13-31(68)14-12-29)46(75)63-36(20-30-22-56-25-58-30)47(76)64-37(21-39(54)69)48(77)62-34(18-26(2)3)45(74)61-33(52(81)82)10-8-9-17-53/h11-14,22,25-28,32-38,42-43,67-68H,7-10,15-21,23-24,53,55H2,1-6H3,(H2,54,69)(H,56,58)(H,57,79)(H,59,70)(H,60,78)(H,61,74)(H,62,77)(H,63,75)(H,64,76)(H,65,80)(H,66,73)(H,71,72)(H,81,82)/t28-,32-,33-,34-,35-,36-,37-,38-,42-,43-/m0/s1. The topological polar surface area (TPSA) is 501 Å². The van der Waals surface area contributed by atoms with Crippen molar-refractivity contribution in [2.45, 2.75) is 160 Å². The molecule has 0 unspecified atom stereocenters. The van der Waals surface area contributed by atoms with Crippen LogP contribution in [0.3, 0.4) is 0 Å². The first-order chi connectivity index (χ1) is 38.6. The molecule has 20 N–H and O–H groups in total. The Morgan fingerprint density at radius 3 is 1.71 bits per heavy atom. The van der Waals surface area contributed by atoms with Crippen LogP contribution in [-0.2, 0) is 70.4 Å². The SMILES string of the molecule is CC[C@H](C)[C@H](N)C(=O)NCC(=O)N[C@@H](CO)C(=O)N[C@@H](CCC(=O)O)C(=O)N[C@H](C(=O)N[C@@H](Cc1ccc(O)cc1)C(=O)N[C@@H](Cc1cnc[nH]1)C(=O)N[C@@H](CC(N)=O)C(=O)N[C@@H](CC(C)C)C(=O)N[C@@H](CCCCN)C(=O)O)C(C)C. The molecule has 82 heavy (non-hydrogen) atoms. The minimum absolute atomic E-state index is 0.00862. The molecule has 2 aromatic rings. The molecule has 1 aromatic carbocycles. The summed E-state index contributed by atoms with van der Waals surface area (Å²) in [4.78, 5) is 166. The van der Waals surface area contributed by atoms with Crippen molar-refractivity contribution in [1.29, 1.82) is 0 Å². The predicted octanol–water partition coefficient (Wildman–Crippen LogP) is -4.08. The number of aliphatic hydroxyl groups excluding tert-OH is 1. The molecular formula is C52H82N14O16. The van der Waals surface area contributed by atoms with Crippen molar-refractivity contribution in [2.24, 2.45) is 35.0 Å². The number of nitrogens with one attached hydrogen (secondary N) is 10. The van der Waals surface area contributed by atoms with E-state index in [9.17, 15) is 78.0 Å². The molecule has 0 bridgehead atoms. The minimum atomic E-state index is -1.77. The number of carboxylic acid groups (broad SMARTS) is 2. The van der Waals surface area contributed by atoms with E-state index in [1.54, 1.807) is 20.8 Å². The summed E-state index contributed by atoms with van der Waals surface area (Å²) >= 11 is 0. The van der Waals surface area contributed by atoms with Crippen molar-refractivity contribution in [2.75, 3.05) is 19.7 Å². The molecule has 10 amide bonds. The van der Waals surface area contributed by atoms with E-state index in [1.165, 1.54) is 50.6 Å². The van der Waals surface area contributed by atoms with Gasteiger partial charge in [-0.2, -0.15) is 0 Å². The Morgan fingerprint density at radius 2 is 1.17 bits per heavy atom. The largest absolute Gasteiger partial charge is 0.508 e. The number of H-pyrrole nitrogens is 1. The number of aromatic nitrogens is 2. The number of nitrogens with zero attached hydrogens (tertiary/aromatic N) is 1. The Bertz CT molecular complexity index is 2480. The zero-order valence-corrected chi connectivity index (χ0v) is 47.0. The van der Waals surface area contributed by atoms with Crippen LogP contribution in [0.15, 0.2) is 36.8 Å². The number of nitrogens with two attached hydrogens (primary N) is 3. The summed E-state index contributed by atoms with van der Waals surface area (Å²) in [6, 6.07) is -8.13. The molecule has 30 nitrogen and oxygen atoms in total. The Balaban J connectivity index is 2.48. The Kier molecular flexibility index (Phi) is 30.2. The maximum absolute atomic E-state index is 14.5. The van der Waals surface area contributed by atoms with Crippen LogP contribution in [0.25, 0.3) is 0 Å². The van der Waals surface area contributed by atoms with Gasteiger partial charge in [-0.25, -0.2) is 9.78 Å². The summed E-state index contributed by atoms with van der Waals surface area (Å²) in [5.41, 5.74) is 17.6. The summed E-state index contributed by atoms with van der Waals surface area (Å²) in [6.07, 6.45) is 1.32. The molecular weight excluding hydrogens is 1080 g/mol. The van der Waals surface area contributed by atoms with Crippen LogP contribution >= 0.6 is 0 Å². The van der Waals surface area contributed by atoms with E-state index < -0.39 is 164 Å². The Morgan fingerprint density at radius 1 is 0.634 bits per heavy atom. The van der Waals surface area contributed by atoms with Gasteiger partial charge in [0.05, 0.1) is 31.9 Å². The summed E-state index contributed by atoms with van der Waals surface area (Å²) in [5, 5.41) is 61.1. The maximum atomic E-state index is 14.5. The van der Waals surface area contributed by atoms with E-state index in [0.717, 1.165) is 0 Å². The monoisotopic (exact) mass is 1160 g/mol. The highest BCUT2D eigenvalue weighted by atomic mass is 16.4. The first kappa shape index (κ1) is 69.9. The predicted molar refractivity (Wildman–Crippen MR) is 293 cm³/mol. The highest BCUT2D eigenvalue weighted by Crippen LogP contribution is 2.15. The van der Waals surface area contributed by atoms with Gasteiger partial charge in [0.25, 0.3) is 0 Å². The van der Waals surface area contributed by atoms with Gasteiger partial charge in [0.15, 0.2) is 0 Å². The number of carboxylic acids is 2. The zero-order valence-electron chi connectivity index (χ0n) is 47.0. The van der Waals surface area contributed by atoms with Crippen LogP contribution in [0.2, 0.25) is 0 Å². The second kappa shape index (κ2) is 35.5. The number of phenolic OH excluding ortho intramolecular Hbond substituents is 1. The number of imidazole rings is 1. The third-order valence-electron chi connectivity index (χ3n) is 12.9. The number of aliphatic carboxylic acids is 2. The molecule has 10 atom stereocenters. The van der Waals surface area contributed by atoms with Gasteiger partial charge in [0, 0.05) is 31.2 Å². The highest BCUT2D eigenvalue weighted by Gasteiger charge is 2.37. The van der Waals surface area contributed by atoms with E-state index in [0.29, 0.717) is 24.8 Å². The zero-order chi connectivity index (χ0) is 61.8. The molecule has 0 aliphatic carbocycles. The summed E-state index contributed by atoms with van der Waals surface area (Å²) in [7, 11) is 0.